The van der Waals surface area contributed by atoms with E-state index in [4.69, 9.17) is 0 Å². The summed E-state index contributed by atoms with van der Waals surface area (Å²) in [7, 11) is 0. The third-order valence-electron chi connectivity index (χ3n) is 4.83. The summed E-state index contributed by atoms with van der Waals surface area (Å²) in [4.78, 5) is 17.5. The number of benzene rings is 2. The first kappa shape index (κ1) is 15.3. The van der Waals surface area contributed by atoms with Crippen LogP contribution in [0.4, 0.5) is 8.78 Å². The number of hydrogen-bond acceptors (Lipinski definition) is 2. The van der Waals surface area contributed by atoms with Gasteiger partial charge in [0, 0.05) is 0 Å². The molecule has 0 N–H and O–H groups in total. The van der Waals surface area contributed by atoms with E-state index in [-0.39, 0.29) is 11.6 Å². The average molecular weight is 314 g/mol. The lowest BCUT2D eigenvalue weighted by molar-refractivity contribution is -0.119. The highest BCUT2D eigenvalue weighted by atomic mass is 19.1. The van der Waals surface area contributed by atoms with E-state index in [1.165, 1.54) is 35.5 Å². The Morgan fingerprint density at radius 3 is 1.87 bits per heavy atom. The number of carbonyl (C=O) groups excluding carboxylic acids is 1. The van der Waals surface area contributed by atoms with Gasteiger partial charge in [-0.2, -0.15) is 0 Å². The molecule has 0 bridgehead atoms. The summed E-state index contributed by atoms with van der Waals surface area (Å²) in [6, 6.07) is 12.0. The molecule has 1 aliphatic heterocycles. The van der Waals surface area contributed by atoms with Gasteiger partial charge in [0.2, 0.25) is 6.41 Å². The zero-order valence-electron chi connectivity index (χ0n) is 12.8. The summed E-state index contributed by atoms with van der Waals surface area (Å²) in [5, 5.41) is 0. The second-order valence-electron chi connectivity index (χ2n) is 5.92. The van der Waals surface area contributed by atoms with E-state index in [1.54, 1.807) is 24.3 Å². The van der Waals surface area contributed by atoms with Gasteiger partial charge in [-0.05, 0) is 49.2 Å². The molecule has 0 radical (unpaired) electrons. The molecule has 2 unspecified atom stereocenters. The largest absolute Gasteiger partial charge is 0.293 e. The van der Waals surface area contributed by atoms with Gasteiger partial charge < -0.3 is 0 Å². The fraction of sp³-hybridized carbons (Fsp3) is 0.222. The molecule has 2 atom stereocenters. The fourth-order valence-corrected chi connectivity index (χ4v) is 3.14. The van der Waals surface area contributed by atoms with Gasteiger partial charge in [0.25, 0.3) is 0 Å². The number of nitrogens with zero attached hydrogens (tertiary/aromatic N) is 2. The van der Waals surface area contributed by atoms with Crippen LogP contribution in [-0.4, -0.2) is 17.6 Å². The molecule has 5 heteroatoms. The summed E-state index contributed by atoms with van der Waals surface area (Å²) in [5.74, 6) is -0.688. The summed E-state index contributed by atoms with van der Waals surface area (Å²) >= 11 is 0. The first-order valence-electron chi connectivity index (χ1n) is 7.23. The predicted octanol–water partition coefficient (Wildman–Crippen LogP) is 3.60. The zero-order chi connectivity index (χ0) is 16.7. The van der Waals surface area contributed by atoms with Gasteiger partial charge in [0.05, 0.1) is 11.9 Å². The highest BCUT2D eigenvalue weighted by Crippen LogP contribution is 2.49. The van der Waals surface area contributed by atoms with Crippen LogP contribution in [0.15, 0.2) is 53.5 Å². The monoisotopic (exact) mass is 314 g/mol. The molecule has 1 heterocycles. The molecule has 0 fully saturated rings. The minimum Gasteiger partial charge on any atom is -0.293 e. The Morgan fingerprint density at radius 1 is 0.913 bits per heavy atom. The molecule has 0 aliphatic carbocycles. The smallest absolute Gasteiger partial charge is 0.215 e. The minimum absolute atomic E-state index is 0.338. The van der Waals surface area contributed by atoms with Crippen molar-refractivity contribution in [1.29, 1.82) is 0 Å². The highest BCUT2D eigenvalue weighted by molar-refractivity contribution is 5.78. The van der Waals surface area contributed by atoms with Crippen LogP contribution in [0.1, 0.15) is 25.0 Å². The molecule has 0 aromatic heterocycles. The van der Waals surface area contributed by atoms with Crippen molar-refractivity contribution in [2.75, 3.05) is 0 Å². The third kappa shape index (κ3) is 2.15. The lowest BCUT2D eigenvalue weighted by atomic mass is 9.71. The van der Waals surface area contributed by atoms with E-state index >= 15 is 0 Å². The molecule has 118 valence electrons. The SMILES string of the molecule is CC1(c2ccc(F)cc2)N=CN(C=O)C1(C)c1ccc(F)cc1. The summed E-state index contributed by atoms with van der Waals surface area (Å²) in [5.41, 5.74) is -0.152. The number of carbonyl (C=O) groups is 1. The lowest BCUT2D eigenvalue weighted by Crippen LogP contribution is -2.50. The highest BCUT2D eigenvalue weighted by Gasteiger charge is 2.54. The molecule has 2 aromatic carbocycles. The number of hydrogen-bond donors (Lipinski definition) is 0. The normalized spacial score (nSPS) is 26.5. The first-order chi connectivity index (χ1) is 10.9. The Kier molecular flexibility index (Phi) is 3.51. The van der Waals surface area contributed by atoms with Crippen LogP contribution >= 0.6 is 0 Å². The van der Waals surface area contributed by atoms with Crippen molar-refractivity contribution in [3.05, 3.63) is 71.3 Å². The quantitative estimate of drug-likeness (QED) is 0.797. The molecule has 1 amide bonds. The van der Waals surface area contributed by atoms with Gasteiger partial charge in [-0.15, -0.1) is 0 Å². The second-order valence-corrected chi connectivity index (χ2v) is 5.92. The molecule has 3 nitrogen and oxygen atoms in total. The van der Waals surface area contributed by atoms with E-state index in [1.807, 2.05) is 13.8 Å². The minimum atomic E-state index is -0.847. The molecule has 2 aromatic rings. The standard InChI is InChI=1S/C18H16F2N2O/c1-17(13-3-7-15(19)8-4-13)18(2,22(12-23)11-21-17)14-5-9-16(20)10-6-14/h3-12H,1-2H3. The van der Waals surface area contributed by atoms with Crippen LogP contribution < -0.4 is 0 Å². The fourth-order valence-electron chi connectivity index (χ4n) is 3.14. The van der Waals surface area contributed by atoms with Crippen molar-refractivity contribution in [2.45, 2.75) is 24.9 Å². The van der Waals surface area contributed by atoms with E-state index < -0.39 is 11.1 Å². The molecular formula is C18H16F2N2O. The zero-order valence-corrected chi connectivity index (χ0v) is 12.8. The van der Waals surface area contributed by atoms with Crippen molar-refractivity contribution in [1.82, 2.24) is 4.90 Å². The van der Waals surface area contributed by atoms with Crippen LogP contribution in [0.3, 0.4) is 0 Å². The molecule has 0 saturated heterocycles. The maximum Gasteiger partial charge on any atom is 0.215 e. The van der Waals surface area contributed by atoms with Crippen LogP contribution in [0.2, 0.25) is 0 Å². The second kappa shape index (κ2) is 5.26. The number of amides is 1. The van der Waals surface area contributed by atoms with Gasteiger partial charge in [-0.3, -0.25) is 14.7 Å². The van der Waals surface area contributed by atoms with E-state index in [0.717, 1.165) is 11.1 Å². The Bertz CT molecular complexity index is 758. The summed E-state index contributed by atoms with van der Waals surface area (Å²) in [6.07, 6.45) is 2.17. The number of rotatable bonds is 3. The van der Waals surface area contributed by atoms with Gasteiger partial charge in [0.1, 0.15) is 17.2 Å². The van der Waals surface area contributed by atoms with Gasteiger partial charge in [-0.1, -0.05) is 24.3 Å². The van der Waals surface area contributed by atoms with Crippen LogP contribution in [0.5, 0.6) is 0 Å². The average Bonchev–Trinajstić information content (AvgIpc) is 2.82. The number of halogens is 2. The molecule has 0 spiro atoms. The molecule has 23 heavy (non-hydrogen) atoms. The molecule has 1 aliphatic rings. The van der Waals surface area contributed by atoms with E-state index in [2.05, 4.69) is 4.99 Å². The Morgan fingerprint density at radius 2 is 1.39 bits per heavy atom. The predicted molar refractivity (Wildman–Crippen MR) is 83.9 cm³/mol. The summed E-state index contributed by atoms with van der Waals surface area (Å²) < 4.78 is 26.5. The number of aliphatic imine (C=N–C) groups is 1. The molecular weight excluding hydrogens is 298 g/mol. The molecule has 3 rings (SSSR count). The Labute approximate surface area is 133 Å². The topological polar surface area (TPSA) is 32.7 Å². The van der Waals surface area contributed by atoms with Crippen molar-refractivity contribution >= 4 is 12.7 Å². The van der Waals surface area contributed by atoms with Crippen LogP contribution in [0.25, 0.3) is 0 Å². The third-order valence-corrected chi connectivity index (χ3v) is 4.83. The maximum atomic E-state index is 13.3. The van der Waals surface area contributed by atoms with Crippen LogP contribution in [-0.2, 0) is 15.9 Å². The first-order valence-corrected chi connectivity index (χ1v) is 7.23. The van der Waals surface area contributed by atoms with Gasteiger partial charge in [0.15, 0.2) is 0 Å². The van der Waals surface area contributed by atoms with Gasteiger partial charge in [-0.25, -0.2) is 8.78 Å². The van der Waals surface area contributed by atoms with E-state index in [9.17, 15) is 13.6 Å². The van der Waals surface area contributed by atoms with E-state index in [0.29, 0.717) is 6.41 Å². The summed E-state index contributed by atoms with van der Waals surface area (Å²) in [6.45, 7) is 3.74. The Balaban J connectivity index is 2.18. The van der Waals surface area contributed by atoms with Crippen molar-refractivity contribution in [3.8, 4) is 0 Å². The Hall–Kier alpha value is -2.56. The molecule has 0 saturated carbocycles. The van der Waals surface area contributed by atoms with Gasteiger partial charge >= 0.3 is 0 Å². The van der Waals surface area contributed by atoms with Crippen molar-refractivity contribution in [3.63, 3.8) is 0 Å². The van der Waals surface area contributed by atoms with Crippen LogP contribution in [0, 0.1) is 11.6 Å². The van der Waals surface area contributed by atoms with Crippen molar-refractivity contribution < 1.29 is 13.6 Å². The van der Waals surface area contributed by atoms with Crippen molar-refractivity contribution in [2.24, 2.45) is 4.99 Å². The lowest BCUT2D eigenvalue weighted by Gasteiger charge is -2.43. The maximum absolute atomic E-state index is 13.3.